The number of methoxy groups -OCH3 is 1. The summed E-state index contributed by atoms with van der Waals surface area (Å²) >= 11 is 3.14. The van der Waals surface area contributed by atoms with Crippen molar-refractivity contribution in [3.63, 3.8) is 0 Å². The van der Waals surface area contributed by atoms with Gasteiger partial charge in [0.1, 0.15) is 4.83 Å². The molecule has 0 fully saturated rings. The molecular formula is C9H17BrN2O3. The first-order valence-electron chi connectivity index (χ1n) is 4.81. The lowest BCUT2D eigenvalue weighted by Crippen LogP contribution is -2.38. The highest BCUT2D eigenvalue weighted by molar-refractivity contribution is 9.10. The van der Waals surface area contributed by atoms with Gasteiger partial charge in [-0.2, -0.15) is 0 Å². The first kappa shape index (κ1) is 14.4. The molecule has 5 nitrogen and oxygen atoms in total. The van der Waals surface area contributed by atoms with Crippen LogP contribution in [0.1, 0.15) is 13.3 Å². The van der Waals surface area contributed by atoms with Crippen molar-refractivity contribution in [2.24, 2.45) is 0 Å². The van der Waals surface area contributed by atoms with Gasteiger partial charge >= 0.3 is 5.97 Å². The van der Waals surface area contributed by atoms with Gasteiger partial charge in [-0.15, -0.1) is 0 Å². The van der Waals surface area contributed by atoms with Gasteiger partial charge in [-0.25, -0.2) is 0 Å². The Labute approximate surface area is 98.1 Å². The largest absolute Gasteiger partial charge is 0.468 e. The van der Waals surface area contributed by atoms with Crippen LogP contribution in [0.15, 0.2) is 0 Å². The lowest BCUT2D eigenvalue weighted by Gasteiger charge is -2.09. The third kappa shape index (κ3) is 7.33. The van der Waals surface area contributed by atoms with Crippen LogP contribution in [0, 0.1) is 0 Å². The van der Waals surface area contributed by atoms with Crippen molar-refractivity contribution in [2.75, 3.05) is 26.7 Å². The van der Waals surface area contributed by atoms with E-state index in [1.165, 1.54) is 7.11 Å². The molecule has 0 bridgehead atoms. The molecule has 0 aromatic rings. The standard InChI is InChI=1S/C9H17BrN2O3/c1-3-4-12-8(13)6-11-5-7(10)9(14)15-2/h7,11H,3-6H2,1-2H3,(H,12,13). The van der Waals surface area contributed by atoms with Crippen molar-refractivity contribution in [1.82, 2.24) is 10.6 Å². The molecule has 1 unspecified atom stereocenters. The Morgan fingerprint density at radius 1 is 1.47 bits per heavy atom. The summed E-state index contributed by atoms with van der Waals surface area (Å²) in [7, 11) is 1.32. The summed E-state index contributed by atoms with van der Waals surface area (Å²) in [5, 5.41) is 5.57. The van der Waals surface area contributed by atoms with Gasteiger partial charge in [0, 0.05) is 13.1 Å². The van der Waals surface area contributed by atoms with Crippen LogP contribution >= 0.6 is 15.9 Å². The summed E-state index contributed by atoms with van der Waals surface area (Å²) in [6, 6.07) is 0. The lowest BCUT2D eigenvalue weighted by molar-refractivity contribution is -0.139. The number of rotatable bonds is 7. The zero-order valence-electron chi connectivity index (χ0n) is 9.01. The van der Waals surface area contributed by atoms with Crippen LogP contribution in [0.3, 0.4) is 0 Å². The van der Waals surface area contributed by atoms with Crippen molar-refractivity contribution in [3.05, 3.63) is 0 Å². The number of esters is 1. The molecule has 2 N–H and O–H groups in total. The molecule has 0 aliphatic rings. The molecule has 0 saturated carbocycles. The minimum atomic E-state index is -0.415. The van der Waals surface area contributed by atoms with Gasteiger partial charge in [0.05, 0.1) is 13.7 Å². The predicted molar refractivity (Wildman–Crippen MR) is 60.9 cm³/mol. The maximum absolute atomic E-state index is 11.1. The van der Waals surface area contributed by atoms with E-state index in [-0.39, 0.29) is 18.4 Å². The fraction of sp³-hybridized carbons (Fsp3) is 0.778. The van der Waals surface area contributed by atoms with E-state index in [1.807, 2.05) is 6.92 Å². The number of carbonyl (C=O) groups is 2. The lowest BCUT2D eigenvalue weighted by atomic mass is 10.4. The molecular weight excluding hydrogens is 264 g/mol. The second kappa shape index (κ2) is 8.67. The predicted octanol–water partition coefficient (Wildman–Crippen LogP) is 0.0387. The van der Waals surface area contributed by atoms with Crippen molar-refractivity contribution < 1.29 is 14.3 Å². The molecule has 0 spiro atoms. The number of nitrogens with one attached hydrogen (secondary N) is 2. The van der Waals surface area contributed by atoms with Crippen LogP contribution in [0.2, 0.25) is 0 Å². The molecule has 15 heavy (non-hydrogen) atoms. The summed E-state index contributed by atoms with van der Waals surface area (Å²) in [6.07, 6.45) is 0.912. The Morgan fingerprint density at radius 2 is 2.13 bits per heavy atom. The quantitative estimate of drug-likeness (QED) is 0.511. The van der Waals surface area contributed by atoms with E-state index in [9.17, 15) is 9.59 Å². The SMILES string of the molecule is CCCNC(=O)CNCC(Br)C(=O)OC. The Kier molecular flexibility index (Phi) is 8.31. The summed E-state index contributed by atoms with van der Waals surface area (Å²) in [6.45, 7) is 3.24. The normalized spacial score (nSPS) is 11.9. The molecule has 0 saturated heterocycles. The molecule has 6 heteroatoms. The van der Waals surface area contributed by atoms with E-state index < -0.39 is 4.83 Å². The summed E-state index contributed by atoms with van der Waals surface area (Å²) in [5.41, 5.74) is 0. The van der Waals surface area contributed by atoms with E-state index in [2.05, 4.69) is 31.3 Å². The maximum atomic E-state index is 11.1. The van der Waals surface area contributed by atoms with Gasteiger partial charge in [0.25, 0.3) is 0 Å². The highest BCUT2D eigenvalue weighted by Gasteiger charge is 2.14. The average molecular weight is 281 g/mol. The Hall–Kier alpha value is -0.620. The molecule has 0 aliphatic carbocycles. The molecule has 1 amide bonds. The number of halogens is 1. The summed E-state index contributed by atoms with van der Waals surface area (Å²) in [5.74, 6) is -0.419. The molecule has 88 valence electrons. The van der Waals surface area contributed by atoms with Crippen LogP contribution < -0.4 is 10.6 Å². The highest BCUT2D eigenvalue weighted by Crippen LogP contribution is 1.99. The molecule has 0 rings (SSSR count). The molecule has 0 aromatic heterocycles. The molecule has 0 heterocycles. The smallest absolute Gasteiger partial charge is 0.320 e. The molecule has 0 aromatic carbocycles. The maximum Gasteiger partial charge on any atom is 0.320 e. The number of carbonyl (C=O) groups excluding carboxylic acids is 2. The van der Waals surface area contributed by atoms with Crippen LogP contribution in [0.4, 0.5) is 0 Å². The highest BCUT2D eigenvalue weighted by atomic mass is 79.9. The summed E-state index contributed by atoms with van der Waals surface area (Å²) < 4.78 is 4.51. The van der Waals surface area contributed by atoms with E-state index in [0.717, 1.165) is 6.42 Å². The van der Waals surface area contributed by atoms with E-state index in [1.54, 1.807) is 0 Å². The van der Waals surface area contributed by atoms with Gasteiger partial charge < -0.3 is 15.4 Å². The molecule has 1 atom stereocenters. The first-order chi connectivity index (χ1) is 7.11. The number of hydrogen-bond donors (Lipinski definition) is 2. The third-order valence-corrected chi connectivity index (χ3v) is 2.34. The van der Waals surface area contributed by atoms with Gasteiger partial charge in [-0.3, -0.25) is 9.59 Å². The van der Waals surface area contributed by atoms with Crippen molar-refractivity contribution >= 4 is 27.8 Å². The third-order valence-electron chi connectivity index (χ3n) is 1.64. The zero-order valence-corrected chi connectivity index (χ0v) is 10.6. The summed E-state index contributed by atoms with van der Waals surface area (Å²) in [4.78, 5) is 21.7. The van der Waals surface area contributed by atoms with Crippen LogP contribution in [0.25, 0.3) is 0 Å². The number of ether oxygens (including phenoxy) is 1. The van der Waals surface area contributed by atoms with Crippen molar-refractivity contribution in [1.29, 1.82) is 0 Å². The number of amides is 1. The average Bonchev–Trinajstić information content (AvgIpc) is 2.24. The Bertz CT molecular complexity index is 212. The monoisotopic (exact) mass is 280 g/mol. The van der Waals surface area contributed by atoms with E-state index in [4.69, 9.17) is 0 Å². The van der Waals surface area contributed by atoms with Crippen molar-refractivity contribution in [2.45, 2.75) is 18.2 Å². The van der Waals surface area contributed by atoms with E-state index >= 15 is 0 Å². The van der Waals surface area contributed by atoms with Crippen LogP contribution in [0.5, 0.6) is 0 Å². The minimum absolute atomic E-state index is 0.0681. The van der Waals surface area contributed by atoms with Crippen molar-refractivity contribution in [3.8, 4) is 0 Å². The van der Waals surface area contributed by atoms with Crippen LogP contribution in [-0.2, 0) is 14.3 Å². The second-order valence-corrected chi connectivity index (χ2v) is 4.08. The van der Waals surface area contributed by atoms with Gasteiger partial charge in [0.2, 0.25) is 5.91 Å². The zero-order chi connectivity index (χ0) is 11.7. The topological polar surface area (TPSA) is 67.4 Å². The minimum Gasteiger partial charge on any atom is -0.468 e. The second-order valence-electron chi connectivity index (χ2n) is 2.97. The first-order valence-corrected chi connectivity index (χ1v) is 5.72. The molecule has 0 aliphatic heterocycles. The number of hydrogen-bond acceptors (Lipinski definition) is 4. The fourth-order valence-corrected chi connectivity index (χ4v) is 1.27. The number of alkyl halides is 1. The van der Waals surface area contributed by atoms with Crippen LogP contribution in [-0.4, -0.2) is 43.4 Å². The molecule has 0 radical (unpaired) electrons. The Morgan fingerprint density at radius 3 is 2.67 bits per heavy atom. The van der Waals surface area contributed by atoms with Gasteiger partial charge in [-0.05, 0) is 6.42 Å². The fourth-order valence-electron chi connectivity index (χ4n) is 0.851. The van der Waals surface area contributed by atoms with E-state index in [0.29, 0.717) is 13.1 Å². The Balaban J connectivity index is 3.52. The van der Waals surface area contributed by atoms with Gasteiger partial charge in [0.15, 0.2) is 0 Å². The van der Waals surface area contributed by atoms with Gasteiger partial charge in [-0.1, -0.05) is 22.9 Å².